The van der Waals surface area contributed by atoms with Gasteiger partial charge in [0, 0.05) is 4.88 Å². The number of unbranched alkanes of at least 4 members (excludes halogenated alkanes) is 2. The summed E-state index contributed by atoms with van der Waals surface area (Å²) < 4.78 is 0. The van der Waals surface area contributed by atoms with E-state index in [1.807, 2.05) is 13.0 Å². The van der Waals surface area contributed by atoms with Crippen LogP contribution in [0.4, 0.5) is 0 Å². The molecule has 1 unspecified atom stereocenters. The summed E-state index contributed by atoms with van der Waals surface area (Å²) in [4.78, 5) is 1.24. The van der Waals surface area contributed by atoms with E-state index in [0.717, 1.165) is 18.4 Å². The second-order valence-electron chi connectivity index (χ2n) is 4.12. The van der Waals surface area contributed by atoms with Crippen molar-refractivity contribution < 1.29 is 5.11 Å². The molecular formula is C12H20OS. The molecule has 0 aliphatic carbocycles. The molecular weight excluding hydrogens is 192 g/mol. The molecule has 14 heavy (non-hydrogen) atoms. The predicted molar refractivity (Wildman–Crippen MR) is 62.8 cm³/mol. The minimum Gasteiger partial charge on any atom is -0.385 e. The van der Waals surface area contributed by atoms with Crippen molar-refractivity contribution in [2.75, 3.05) is 0 Å². The third-order valence-electron chi connectivity index (χ3n) is 2.71. The Hall–Kier alpha value is -0.340. The minimum atomic E-state index is -0.626. The maximum Gasteiger partial charge on any atom is 0.0879 e. The Morgan fingerprint density at radius 2 is 2.14 bits per heavy atom. The maximum atomic E-state index is 10.3. The first-order valence-electron chi connectivity index (χ1n) is 5.35. The van der Waals surface area contributed by atoms with Gasteiger partial charge in [0.2, 0.25) is 0 Å². The van der Waals surface area contributed by atoms with Crippen molar-refractivity contribution in [3.63, 3.8) is 0 Å². The molecule has 1 aromatic rings. The molecule has 1 nitrogen and oxygen atoms in total. The van der Waals surface area contributed by atoms with E-state index in [1.54, 1.807) is 11.3 Å². The van der Waals surface area contributed by atoms with Crippen LogP contribution in [0.25, 0.3) is 0 Å². The normalized spacial score (nSPS) is 15.4. The Morgan fingerprint density at radius 1 is 1.43 bits per heavy atom. The second-order valence-corrected chi connectivity index (χ2v) is 5.24. The second kappa shape index (κ2) is 4.94. The molecule has 1 atom stereocenters. The van der Waals surface area contributed by atoms with E-state index < -0.39 is 5.60 Å². The van der Waals surface area contributed by atoms with Crippen molar-refractivity contribution >= 4 is 11.3 Å². The number of hydrogen-bond donors (Lipinski definition) is 1. The lowest BCUT2D eigenvalue weighted by molar-refractivity contribution is 0.0448. The van der Waals surface area contributed by atoms with Gasteiger partial charge in [0.15, 0.2) is 0 Å². The van der Waals surface area contributed by atoms with Crippen LogP contribution in [0.5, 0.6) is 0 Å². The van der Waals surface area contributed by atoms with Gasteiger partial charge in [0.25, 0.3) is 0 Å². The summed E-state index contributed by atoms with van der Waals surface area (Å²) in [6.45, 7) is 6.19. The van der Waals surface area contributed by atoms with Crippen LogP contribution in [0.2, 0.25) is 0 Å². The Balaban J connectivity index is 2.61. The Kier molecular flexibility index (Phi) is 4.14. The van der Waals surface area contributed by atoms with Crippen molar-refractivity contribution in [3.8, 4) is 0 Å². The molecule has 80 valence electrons. The summed E-state index contributed by atoms with van der Waals surface area (Å²) in [5.41, 5.74) is 0.484. The smallest absolute Gasteiger partial charge is 0.0879 e. The van der Waals surface area contributed by atoms with E-state index in [-0.39, 0.29) is 0 Å². The minimum absolute atomic E-state index is 0.626. The van der Waals surface area contributed by atoms with E-state index in [1.165, 1.54) is 17.7 Å². The van der Waals surface area contributed by atoms with Gasteiger partial charge in [-0.2, -0.15) is 0 Å². The quantitative estimate of drug-likeness (QED) is 0.735. The first-order chi connectivity index (χ1) is 6.58. The Labute approximate surface area is 90.8 Å². The zero-order chi connectivity index (χ0) is 10.6. The van der Waals surface area contributed by atoms with Gasteiger partial charge in [-0.25, -0.2) is 0 Å². The molecule has 0 aromatic carbocycles. The van der Waals surface area contributed by atoms with Gasteiger partial charge in [-0.15, -0.1) is 11.3 Å². The van der Waals surface area contributed by atoms with Crippen LogP contribution in [-0.4, -0.2) is 5.11 Å². The number of thiophene rings is 1. The molecule has 1 N–H and O–H groups in total. The Morgan fingerprint density at radius 3 is 2.64 bits per heavy atom. The topological polar surface area (TPSA) is 20.2 Å². The fourth-order valence-electron chi connectivity index (χ4n) is 1.80. The lowest BCUT2D eigenvalue weighted by Crippen LogP contribution is -2.21. The molecule has 0 fully saturated rings. The Bertz CT molecular complexity index is 276. The first kappa shape index (κ1) is 11.7. The van der Waals surface area contributed by atoms with Crippen molar-refractivity contribution in [2.45, 2.75) is 52.1 Å². The van der Waals surface area contributed by atoms with E-state index in [9.17, 15) is 5.11 Å². The third kappa shape index (κ3) is 2.82. The highest BCUT2D eigenvalue weighted by molar-refractivity contribution is 7.10. The zero-order valence-corrected chi connectivity index (χ0v) is 10.2. The van der Waals surface area contributed by atoms with Crippen LogP contribution in [-0.2, 0) is 5.60 Å². The van der Waals surface area contributed by atoms with E-state index in [2.05, 4.69) is 19.2 Å². The molecule has 0 aliphatic heterocycles. The summed E-state index contributed by atoms with van der Waals surface area (Å²) >= 11 is 1.71. The van der Waals surface area contributed by atoms with Crippen molar-refractivity contribution in [3.05, 3.63) is 21.9 Å². The van der Waals surface area contributed by atoms with Crippen LogP contribution >= 0.6 is 11.3 Å². The molecule has 1 aromatic heterocycles. The molecule has 0 bridgehead atoms. The molecule has 0 aliphatic rings. The van der Waals surface area contributed by atoms with Gasteiger partial charge in [-0.1, -0.05) is 26.2 Å². The number of aliphatic hydroxyl groups is 1. The fourth-order valence-corrected chi connectivity index (χ4v) is 2.62. The highest BCUT2D eigenvalue weighted by Crippen LogP contribution is 2.31. The summed E-state index contributed by atoms with van der Waals surface area (Å²) in [6.07, 6.45) is 4.40. The SMILES string of the molecule is CCCCCC(C)(O)c1ccsc1C. The fraction of sp³-hybridized carbons (Fsp3) is 0.667. The average Bonchev–Trinajstić information content (AvgIpc) is 2.52. The molecule has 0 amide bonds. The van der Waals surface area contributed by atoms with Gasteiger partial charge in [0.05, 0.1) is 5.60 Å². The lowest BCUT2D eigenvalue weighted by atomic mass is 9.91. The number of hydrogen-bond acceptors (Lipinski definition) is 2. The highest BCUT2D eigenvalue weighted by Gasteiger charge is 2.24. The molecule has 0 saturated carbocycles. The lowest BCUT2D eigenvalue weighted by Gasteiger charge is -2.23. The molecule has 0 radical (unpaired) electrons. The zero-order valence-electron chi connectivity index (χ0n) is 9.34. The van der Waals surface area contributed by atoms with Crippen molar-refractivity contribution in [2.24, 2.45) is 0 Å². The molecule has 2 heteroatoms. The summed E-state index contributed by atoms with van der Waals surface area (Å²) in [5, 5.41) is 12.3. The van der Waals surface area contributed by atoms with Crippen LogP contribution in [0.1, 0.15) is 50.0 Å². The summed E-state index contributed by atoms with van der Waals surface area (Å²) in [5.74, 6) is 0. The average molecular weight is 212 g/mol. The third-order valence-corrected chi connectivity index (χ3v) is 3.55. The van der Waals surface area contributed by atoms with Crippen molar-refractivity contribution in [1.82, 2.24) is 0 Å². The van der Waals surface area contributed by atoms with E-state index >= 15 is 0 Å². The molecule has 1 rings (SSSR count). The predicted octanol–water partition coefficient (Wildman–Crippen LogP) is 3.84. The first-order valence-corrected chi connectivity index (χ1v) is 6.23. The van der Waals surface area contributed by atoms with Crippen LogP contribution in [0.15, 0.2) is 11.4 Å². The molecule has 0 spiro atoms. The molecule has 1 heterocycles. The summed E-state index contributed by atoms with van der Waals surface area (Å²) in [6, 6.07) is 2.05. The van der Waals surface area contributed by atoms with Crippen molar-refractivity contribution in [1.29, 1.82) is 0 Å². The van der Waals surface area contributed by atoms with Gasteiger partial charge < -0.3 is 5.11 Å². The van der Waals surface area contributed by atoms with Crippen LogP contribution < -0.4 is 0 Å². The molecule has 0 saturated heterocycles. The van der Waals surface area contributed by atoms with Gasteiger partial charge in [0.1, 0.15) is 0 Å². The standard InChI is InChI=1S/C12H20OS/c1-4-5-6-8-12(3,13)11-7-9-14-10(11)2/h7,9,13H,4-6,8H2,1-3H3. The number of aryl methyl sites for hydroxylation is 1. The van der Waals surface area contributed by atoms with Gasteiger partial charge >= 0.3 is 0 Å². The van der Waals surface area contributed by atoms with Crippen LogP contribution in [0, 0.1) is 6.92 Å². The number of rotatable bonds is 5. The maximum absolute atomic E-state index is 10.3. The van der Waals surface area contributed by atoms with Crippen LogP contribution in [0.3, 0.4) is 0 Å². The van der Waals surface area contributed by atoms with Gasteiger partial charge in [-0.3, -0.25) is 0 Å². The highest BCUT2D eigenvalue weighted by atomic mass is 32.1. The largest absolute Gasteiger partial charge is 0.385 e. The monoisotopic (exact) mass is 212 g/mol. The van der Waals surface area contributed by atoms with E-state index in [0.29, 0.717) is 0 Å². The van der Waals surface area contributed by atoms with E-state index in [4.69, 9.17) is 0 Å². The van der Waals surface area contributed by atoms with Gasteiger partial charge in [-0.05, 0) is 37.3 Å². The summed E-state index contributed by atoms with van der Waals surface area (Å²) in [7, 11) is 0.